The highest BCUT2D eigenvalue weighted by Gasteiger charge is 2.36. The van der Waals surface area contributed by atoms with E-state index in [1.54, 1.807) is 0 Å². The number of carbonyl (C=O) groups is 1. The maximum absolute atomic E-state index is 12.9. The number of nitrogens with one attached hydrogen (secondary N) is 1. The molecule has 0 saturated carbocycles. The minimum Gasteiger partial charge on any atom is -0.379 e. The van der Waals surface area contributed by atoms with Crippen molar-refractivity contribution in [2.75, 3.05) is 52.5 Å². The maximum atomic E-state index is 12.9. The summed E-state index contributed by atoms with van der Waals surface area (Å²) >= 11 is 0. The molecule has 0 radical (unpaired) electrons. The Hall–Kier alpha value is -0.740. The first-order chi connectivity index (χ1) is 13.9. The first-order valence-electron chi connectivity index (χ1n) is 11.3. The third-order valence-electron chi connectivity index (χ3n) is 6.65. The molecule has 8 nitrogen and oxygen atoms in total. The Morgan fingerprint density at radius 2 is 1.69 bits per heavy atom. The fraction of sp³-hybridized carbons (Fsp3) is 0.950. The van der Waals surface area contributed by atoms with E-state index in [4.69, 9.17) is 4.74 Å². The summed E-state index contributed by atoms with van der Waals surface area (Å²) in [6, 6.07) is 1.23. The van der Waals surface area contributed by atoms with Gasteiger partial charge in [-0.15, -0.1) is 0 Å². The normalized spacial score (nSPS) is 30.9. The number of carbonyl (C=O) groups excluding carboxylic acids is 1. The first kappa shape index (κ1) is 22.9. The van der Waals surface area contributed by atoms with E-state index in [1.165, 1.54) is 27.9 Å². The summed E-state index contributed by atoms with van der Waals surface area (Å²) in [5.41, 5.74) is 0. The molecule has 0 spiro atoms. The van der Waals surface area contributed by atoms with Crippen molar-refractivity contribution in [3.8, 4) is 0 Å². The van der Waals surface area contributed by atoms with Crippen LogP contribution in [0.2, 0.25) is 0 Å². The molecule has 3 atom stereocenters. The molecule has 0 aromatic carbocycles. The van der Waals surface area contributed by atoms with Crippen LogP contribution in [0.4, 0.5) is 0 Å². The van der Waals surface area contributed by atoms with Crippen LogP contribution in [0, 0.1) is 5.92 Å². The zero-order chi connectivity index (χ0) is 20.9. The molecule has 3 aliphatic rings. The van der Waals surface area contributed by atoms with E-state index < -0.39 is 10.2 Å². The van der Waals surface area contributed by atoms with Crippen LogP contribution in [-0.2, 0) is 19.7 Å². The van der Waals surface area contributed by atoms with Gasteiger partial charge in [-0.2, -0.15) is 17.0 Å². The van der Waals surface area contributed by atoms with Gasteiger partial charge in [-0.3, -0.25) is 9.69 Å². The highest BCUT2D eigenvalue weighted by molar-refractivity contribution is 7.86. The molecular formula is C20H38N4O4S. The number of amides is 1. The van der Waals surface area contributed by atoms with Gasteiger partial charge in [-0.1, -0.05) is 6.42 Å². The van der Waals surface area contributed by atoms with Gasteiger partial charge in [-0.05, 0) is 46.0 Å². The molecule has 3 rings (SSSR count). The van der Waals surface area contributed by atoms with Gasteiger partial charge < -0.3 is 10.1 Å². The van der Waals surface area contributed by atoms with Crippen LogP contribution < -0.4 is 5.32 Å². The summed E-state index contributed by atoms with van der Waals surface area (Å²) in [5.74, 6) is -0.265. The van der Waals surface area contributed by atoms with Crippen molar-refractivity contribution < 1.29 is 17.9 Å². The number of ether oxygens (including phenoxy) is 1. The van der Waals surface area contributed by atoms with Crippen LogP contribution >= 0.6 is 0 Å². The summed E-state index contributed by atoms with van der Waals surface area (Å²) in [6.45, 7) is 8.67. The number of hydrogen-bond donors (Lipinski definition) is 1. The molecule has 9 heteroatoms. The van der Waals surface area contributed by atoms with E-state index in [9.17, 15) is 13.2 Å². The highest BCUT2D eigenvalue weighted by Crippen LogP contribution is 2.23. The van der Waals surface area contributed by atoms with Crippen molar-refractivity contribution >= 4 is 16.1 Å². The van der Waals surface area contributed by atoms with Gasteiger partial charge in [0.15, 0.2) is 0 Å². The molecule has 0 aromatic rings. The molecule has 1 N–H and O–H groups in total. The van der Waals surface area contributed by atoms with E-state index in [-0.39, 0.29) is 18.4 Å². The van der Waals surface area contributed by atoms with E-state index in [1.807, 2.05) is 0 Å². The quantitative estimate of drug-likeness (QED) is 0.611. The SMILES string of the molecule is CC1CCCC(C)N1CCCNC(=O)C1CCCN(S(=O)(=O)N2CCOCC2)C1. The van der Waals surface area contributed by atoms with Gasteiger partial charge in [0.05, 0.1) is 19.1 Å². The Morgan fingerprint density at radius 3 is 2.38 bits per heavy atom. The first-order valence-corrected chi connectivity index (χ1v) is 12.7. The summed E-state index contributed by atoms with van der Waals surface area (Å²) in [6.07, 6.45) is 6.23. The van der Waals surface area contributed by atoms with Gasteiger partial charge in [0.2, 0.25) is 5.91 Å². The molecule has 3 heterocycles. The van der Waals surface area contributed by atoms with E-state index in [0.717, 1.165) is 25.8 Å². The number of piperidine rings is 2. The van der Waals surface area contributed by atoms with Gasteiger partial charge >= 0.3 is 0 Å². The average molecular weight is 431 g/mol. The lowest BCUT2D eigenvalue weighted by molar-refractivity contribution is -0.126. The predicted octanol–water partition coefficient (Wildman–Crippen LogP) is 1.04. The van der Waals surface area contributed by atoms with Crippen LogP contribution in [0.5, 0.6) is 0 Å². The zero-order valence-corrected chi connectivity index (χ0v) is 18.8. The molecule has 3 fully saturated rings. The zero-order valence-electron chi connectivity index (χ0n) is 18.0. The van der Waals surface area contributed by atoms with E-state index >= 15 is 0 Å². The lowest BCUT2D eigenvalue weighted by Crippen LogP contribution is -2.53. The Kier molecular flexibility index (Phi) is 8.32. The topological polar surface area (TPSA) is 82.2 Å². The third kappa shape index (κ3) is 5.91. The van der Waals surface area contributed by atoms with Crippen molar-refractivity contribution in [3.05, 3.63) is 0 Å². The summed E-state index contributed by atoms with van der Waals surface area (Å²) < 4.78 is 34.0. The minimum atomic E-state index is -3.50. The Morgan fingerprint density at radius 1 is 1.00 bits per heavy atom. The van der Waals surface area contributed by atoms with Crippen LogP contribution in [-0.4, -0.2) is 92.4 Å². The molecular weight excluding hydrogens is 392 g/mol. The van der Waals surface area contributed by atoms with Crippen molar-refractivity contribution in [1.29, 1.82) is 0 Å². The summed E-state index contributed by atoms with van der Waals surface area (Å²) in [5, 5.41) is 3.05. The molecule has 1 amide bonds. The molecule has 3 saturated heterocycles. The minimum absolute atomic E-state index is 0.00776. The Labute approximate surface area is 176 Å². The van der Waals surface area contributed by atoms with Gasteiger partial charge in [-0.25, -0.2) is 0 Å². The fourth-order valence-corrected chi connectivity index (χ4v) is 6.50. The highest BCUT2D eigenvalue weighted by atomic mass is 32.2. The standard InChI is InChI=1S/C20H38N4O4S/c1-17-6-3-7-18(2)24(17)11-5-9-21-20(25)19-8-4-10-23(16-19)29(26,27)22-12-14-28-15-13-22/h17-19H,3-16H2,1-2H3,(H,21,25). The Balaban J connectivity index is 1.43. The van der Waals surface area contributed by atoms with Gasteiger partial charge in [0, 0.05) is 51.4 Å². The second kappa shape index (κ2) is 10.5. The molecule has 168 valence electrons. The van der Waals surface area contributed by atoms with Crippen LogP contribution in [0.3, 0.4) is 0 Å². The molecule has 3 unspecified atom stereocenters. The number of likely N-dealkylation sites (tertiary alicyclic amines) is 1. The number of nitrogens with zero attached hydrogens (tertiary/aromatic N) is 3. The number of rotatable bonds is 7. The summed E-state index contributed by atoms with van der Waals surface area (Å²) in [4.78, 5) is 15.2. The third-order valence-corrected chi connectivity index (χ3v) is 8.65. The van der Waals surface area contributed by atoms with Crippen molar-refractivity contribution in [3.63, 3.8) is 0 Å². The second-order valence-corrected chi connectivity index (χ2v) is 10.7. The van der Waals surface area contributed by atoms with Gasteiger partial charge in [0.1, 0.15) is 0 Å². The van der Waals surface area contributed by atoms with Crippen molar-refractivity contribution in [2.45, 2.75) is 64.5 Å². The van der Waals surface area contributed by atoms with Crippen molar-refractivity contribution in [1.82, 2.24) is 18.8 Å². The number of morpholine rings is 1. The van der Waals surface area contributed by atoms with Crippen molar-refractivity contribution in [2.24, 2.45) is 5.92 Å². The summed E-state index contributed by atoms with van der Waals surface area (Å²) in [7, 11) is -3.50. The van der Waals surface area contributed by atoms with Crippen LogP contribution in [0.1, 0.15) is 52.4 Å². The molecule has 0 bridgehead atoms. The monoisotopic (exact) mass is 430 g/mol. The lowest BCUT2D eigenvalue weighted by Gasteiger charge is -2.39. The fourth-order valence-electron chi connectivity index (χ4n) is 4.84. The Bertz CT molecular complexity index is 628. The molecule has 3 aliphatic heterocycles. The lowest BCUT2D eigenvalue weighted by atomic mass is 9.97. The van der Waals surface area contributed by atoms with E-state index in [2.05, 4.69) is 24.1 Å². The molecule has 0 aromatic heterocycles. The van der Waals surface area contributed by atoms with Crippen LogP contribution in [0.25, 0.3) is 0 Å². The number of hydrogen-bond acceptors (Lipinski definition) is 5. The molecule has 29 heavy (non-hydrogen) atoms. The second-order valence-electron chi connectivity index (χ2n) is 8.73. The largest absolute Gasteiger partial charge is 0.379 e. The predicted molar refractivity (Wildman–Crippen MR) is 113 cm³/mol. The molecule has 0 aliphatic carbocycles. The maximum Gasteiger partial charge on any atom is 0.282 e. The smallest absolute Gasteiger partial charge is 0.282 e. The van der Waals surface area contributed by atoms with Crippen LogP contribution in [0.15, 0.2) is 0 Å². The average Bonchev–Trinajstić information content (AvgIpc) is 2.73. The van der Waals surface area contributed by atoms with E-state index in [0.29, 0.717) is 51.5 Å². The van der Waals surface area contributed by atoms with Gasteiger partial charge in [0.25, 0.3) is 10.2 Å².